The Morgan fingerprint density at radius 2 is 2.00 bits per heavy atom. The summed E-state index contributed by atoms with van der Waals surface area (Å²) in [4.78, 5) is 10.2. The standard InChI is InChI=1S/C6H12O3/c1-4(3-7)5(2)6(8)9/h4-5,7H,3H2,1-2H3,(H,8,9)/t4?,5-/m1/s1. The van der Waals surface area contributed by atoms with E-state index in [9.17, 15) is 4.79 Å². The van der Waals surface area contributed by atoms with Crippen LogP contribution < -0.4 is 0 Å². The van der Waals surface area contributed by atoms with E-state index < -0.39 is 11.9 Å². The lowest BCUT2D eigenvalue weighted by Crippen LogP contribution is -2.20. The topological polar surface area (TPSA) is 57.5 Å². The largest absolute Gasteiger partial charge is 0.481 e. The minimum atomic E-state index is -0.850. The summed E-state index contributed by atoms with van der Waals surface area (Å²) in [6, 6.07) is 0. The second kappa shape index (κ2) is 3.45. The second-order valence-electron chi connectivity index (χ2n) is 2.29. The molecule has 2 N–H and O–H groups in total. The first-order chi connectivity index (χ1) is 4.09. The Balaban J connectivity index is 3.72. The minimum absolute atomic E-state index is 0.0620. The summed E-state index contributed by atoms with van der Waals surface area (Å²) < 4.78 is 0. The van der Waals surface area contributed by atoms with Crippen molar-refractivity contribution in [1.29, 1.82) is 0 Å². The van der Waals surface area contributed by atoms with Crippen molar-refractivity contribution in [3.63, 3.8) is 0 Å². The van der Waals surface area contributed by atoms with Crippen LogP contribution in [-0.4, -0.2) is 22.8 Å². The lowest BCUT2D eigenvalue weighted by molar-refractivity contribution is -0.143. The molecule has 0 aromatic rings. The Bertz CT molecular complexity index is 100. The van der Waals surface area contributed by atoms with Gasteiger partial charge >= 0.3 is 5.97 Å². The van der Waals surface area contributed by atoms with E-state index in [1.54, 1.807) is 13.8 Å². The van der Waals surface area contributed by atoms with Crippen LogP contribution in [0.3, 0.4) is 0 Å². The maximum absolute atomic E-state index is 10.2. The third-order valence-electron chi connectivity index (χ3n) is 1.53. The molecule has 9 heavy (non-hydrogen) atoms. The molecule has 3 heteroatoms. The Morgan fingerprint density at radius 3 is 2.11 bits per heavy atom. The summed E-state index contributed by atoms with van der Waals surface area (Å²) in [6.07, 6.45) is 0. The van der Waals surface area contributed by atoms with E-state index in [1.165, 1.54) is 0 Å². The zero-order chi connectivity index (χ0) is 7.44. The highest BCUT2D eigenvalue weighted by Gasteiger charge is 2.17. The Labute approximate surface area is 54.3 Å². The third kappa shape index (κ3) is 2.46. The van der Waals surface area contributed by atoms with Crippen molar-refractivity contribution in [2.24, 2.45) is 11.8 Å². The molecular formula is C6H12O3. The first-order valence-corrected chi connectivity index (χ1v) is 2.93. The van der Waals surface area contributed by atoms with Crippen LogP contribution in [0, 0.1) is 11.8 Å². The van der Waals surface area contributed by atoms with Crippen molar-refractivity contribution < 1.29 is 15.0 Å². The predicted octanol–water partition coefficient (Wildman–Crippen LogP) is 0.336. The summed E-state index contributed by atoms with van der Waals surface area (Å²) >= 11 is 0. The van der Waals surface area contributed by atoms with E-state index in [2.05, 4.69) is 0 Å². The van der Waals surface area contributed by atoms with Crippen molar-refractivity contribution in [3.05, 3.63) is 0 Å². The molecule has 0 aliphatic heterocycles. The SMILES string of the molecule is CC(CO)[C@@H](C)C(=O)O. The molecule has 0 saturated heterocycles. The highest BCUT2D eigenvalue weighted by molar-refractivity contribution is 5.69. The molecule has 0 aromatic heterocycles. The van der Waals surface area contributed by atoms with E-state index in [0.29, 0.717) is 0 Å². The van der Waals surface area contributed by atoms with Crippen molar-refractivity contribution in [2.45, 2.75) is 13.8 Å². The molecule has 54 valence electrons. The monoisotopic (exact) mass is 132 g/mol. The van der Waals surface area contributed by atoms with Crippen LogP contribution in [0.4, 0.5) is 0 Å². The molecule has 3 nitrogen and oxygen atoms in total. The lowest BCUT2D eigenvalue weighted by Gasteiger charge is -2.11. The van der Waals surface area contributed by atoms with Crippen LogP contribution in [0.25, 0.3) is 0 Å². The summed E-state index contributed by atoms with van der Waals surface area (Å²) in [5, 5.41) is 16.9. The summed E-state index contributed by atoms with van der Waals surface area (Å²) in [5.74, 6) is -1.45. The molecule has 0 heterocycles. The Kier molecular flexibility index (Phi) is 3.24. The van der Waals surface area contributed by atoms with Gasteiger partial charge in [-0.2, -0.15) is 0 Å². The van der Waals surface area contributed by atoms with Crippen molar-refractivity contribution in [1.82, 2.24) is 0 Å². The molecule has 0 fully saturated rings. The van der Waals surface area contributed by atoms with E-state index in [-0.39, 0.29) is 12.5 Å². The number of aliphatic hydroxyl groups excluding tert-OH is 1. The highest BCUT2D eigenvalue weighted by Crippen LogP contribution is 2.08. The fraction of sp³-hybridized carbons (Fsp3) is 0.833. The van der Waals surface area contributed by atoms with Gasteiger partial charge in [-0.15, -0.1) is 0 Å². The fourth-order valence-electron chi connectivity index (χ4n) is 0.402. The summed E-state index contributed by atoms with van der Waals surface area (Å²) in [7, 11) is 0. The number of hydrogen-bond acceptors (Lipinski definition) is 2. The maximum atomic E-state index is 10.2. The number of aliphatic hydroxyl groups is 1. The Morgan fingerprint density at radius 1 is 1.56 bits per heavy atom. The molecular weight excluding hydrogens is 120 g/mol. The Hall–Kier alpha value is -0.570. The normalized spacial score (nSPS) is 16.8. The highest BCUT2D eigenvalue weighted by atomic mass is 16.4. The lowest BCUT2D eigenvalue weighted by atomic mass is 9.97. The van der Waals surface area contributed by atoms with Crippen molar-refractivity contribution in [2.75, 3.05) is 6.61 Å². The van der Waals surface area contributed by atoms with E-state index >= 15 is 0 Å². The summed E-state index contributed by atoms with van der Waals surface area (Å²) in [5.41, 5.74) is 0. The van der Waals surface area contributed by atoms with Gasteiger partial charge < -0.3 is 10.2 Å². The van der Waals surface area contributed by atoms with Gasteiger partial charge in [0.15, 0.2) is 0 Å². The quantitative estimate of drug-likeness (QED) is 0.582. The zero-order valence-corrected chi connectivity index (χ0v) is 5.66. The molecule has 1 unspecified atom stereocenters. The average molecular weight is 132 g/mol. The van der Waals surface area contributed by atoms with Crippen molar-refractivity contribution in [3.8, 4) is 0 Å². The van der Waals surface area contributed by atoms with Gasteiger partial charge in [0, 0.05) is 6.61 Å². The number of aliphatic carboxylic acids is 1. The second-order valence-corrected chi connectivity index (χ2v) is 2.29. The summed E-state index contributed by atoms with van der Waals surface area (Å²) in [6.45, 7) is 3.23. The maximum Gasteiger partial charge on any atom is 0.306 e. The van der Waals surface area contributed by atoms with Gasteiger partial charge in [0.1, 0.15) is 0 Å². The van der Waals surface area contributed by atoms with Crippen LogP contribution >= 0.6 is 0 Å². The zero-order valence-electron chi connectivity index (χ0n) is 5.66. The molecule has 2 atom stereocenters. The van der Waals surface area contributed by atoms with Gasteiger partial charge in [0.25, 0.3) is 0 Å². The smallest absolute Gasteiger partial charge is 0.306 e. The first-order valence-electron chi connectivity index (χ1n) is 2.93. The molecule has 0 rings (SSSR count). The minimum Gasteiger partial charge on any atom is -0.481 e. The number of carboxylic acids is 1. The van der Waals surface area contributed by atoms with Crippen LogP contribution in [-0.2, 0) is 4.79 Å². The number of carbonyl (C=O) groups is 1. The fourth-order valence-corrected chi connectivity index (χ4v) is 0.402. The van der Waals surface area contributed by atoms with E-state index in [4.69, 9.17) is 10.2 Å². The number of rotatable bonds is 3. The van der Waals surface area contributed by atoms with Crippen molar-refractivity contribution >= 4 is 5.97 Å². The number of hydrogen-bond donors (Lipinski definition) is 2. The van der Waals surface area contributed by atoms with Gasteiger partial charge in [-0.3, -0.25) is 4.79 Å². The molecule has 0 aliphatic carbocycles. The van der Waals surface area contributed by atoms with Gasteiger partial charge in [0.05, 0.1) is 5.92 Å². The van der Waals surface area contributed by atoms with Crippen LogP contribution in [0.15, 0.2) is 0 Å². The first kappa shape index (κ1) is 8.43. The third-order valence-corrected chi connectivity index (χ3v) is 1.53. The van der Waals surface area contributed by atoms with Crippen LogP contribution in [0.1, 0.15) is 13.8 Å². The van der Waals surface area contributed by atoms with Gasteiger partial charge in [0.2, 0.25) is 0 Å². The van der Waals surface area contributed by atoms with Gasteiger partial charge in [-0.1, -0.05) is 13.8 Å². The number of carboxylic acid groups (broad SMARTS) is 1. The molecule has 0 radical (unpaired) electrons. The molecule has 0 saturated carbocycles. The van der Waals surface area contributed by atoms with Crippen LogP contribution in [0.5, 0.6) is 0 Å². The van der Waals surface area contributed by atoms with Crippen LogP contribution in [0.2, 0.25) is 0 Å². The molecule has 0 bridgehead atoms. The average Bonchev–Trinajstić information content (AvgIpc) is 1.84. The van der Waals surface area contributed by atoms with E-state index in [1.807, 2.05) is 0 Å². The molecule has 0 spiro atoms. The van der Waals surface area contributed by atoms with Gasteiger partial charge in [-0.25, -0.2) is 0 Å². The molecule has 0 amide bonds. The van der Waals surface area contributed by atoms with Gasteiger partial charge in [-0.05, 0) is 5.92 Å². The predicted molar refractivity (Wildman–Crippen MR) is 33.0 cm³/mol. The van der Waals surface area contributed by atoms with E-state index in [0.717, 1.165) is 0 Å². The molecule has 0 aliphatic rings. The molecule has 0 aromatic carbocycles.